The summed E-state index contributed by atoms with van der Waals surface area (Å²) in [6.45, 7) is 7.31. The van der Waals surface area contributed by atoms with Gasteiger partial charge in [0, 0.05) is 19.5 Å². The monoisotopic (exact) mass is 139 g/mol. The van der Waals surface area contributed by atoms with Crippen LogP contribution in [0, 0.1) is 5.92 Å². The molecule has 0 saturated carbocycles. The van der Waals surface area contributed by atoms with Gasteiger partial charge in [-0.3, -0.25) is 4.79 Å². The van der Waals surface area contributed by atoms with Gasteiger partial charge >= 0.3 is 0 Å². The van der Waals surface area contributed by atoms with Crippen LogP contribution < -0.4 is 0 Å². The molecule has 0 N–H and O–H groups in total. The molecule has 1 atom stereocenters. The van der Waals surface area contributed by atoms with Crippen LogP contribution in [0.4, 0.5) is 0 Å². The summed E-state index contributed by atoms with van der Waals surface area (Å²) >= 11 is 0. The number of rotatable bonds is 2. The van der Waals surface area contributed by atoms with Crippen LogP contribution in [0.1, 0.15) is 13.3 Å². The van der Waals surface area contributed by atoms with Gasteiger partial charge in [0.15, 0.2) is 0 Å². The molecule has 0 spiro atoms. The van der Waals surface area contributed by atoms with E-state index in [4.69, 9.17) is 0 Å². The van der Waals surface area contributed by atoms with E-state index in [-0.39, 0.29) is 5.91 Å². The van der Waals surface area contributed by atoms with Gasteiger partial charge in [-0.1, -0.05) is 13.0 Å². The SMILES string of the molecule is C=CCN1CC(C)CC1=O. The van der Waals surface area contributed by atoms with E-state index in [2.05, 4.69) is 13.5 Å². The van der Waals surface area contributed by atoms with E-state index in [0.29, 0.717) is 18.9 Å². The minimum Gasteiger partial charge on any atom is -0.339 e. The maximum atomic E-state index is 11.1. The first kappa shape index (κ1) is 7.32. The van der Waals surface area contributed by atoms with Gasteiger partial charge in [0.25, 0.3) is 0 Å². The number of hydrogen-bond acceptors (Lipinski definition) is 1. The fourth-order valence-corrected chi connectivity index (χ4v) is 1.30. The third-order valence-electron chi connectivity index (χ3n) is 1.76. The van der Waals surface area contributed by atoms with Crippen LogP contribution in [-0.4, -0.2) is 23.9 Å². The van der Waals surface area contributed by atoms with Crippen LogP contribution in [0.25, 0.3) is 0 Å². The molecule has 2 heteroatoms. The Morgan fingerprint density at radius 2 is 2.60 bits per heavy atom. The molecule has 0 aromatic carbocycles. The predicted molar refractivity (Wildman–Crippen MR) is 40.6 cm³/mol. The second kappa shape index (κ2) is 2.86. The number of nitrogens with zero attached hydrogens (tertiary/aromatic N) is 1. The van der Waals surface area contributed by atoms with Crippen LogP contribution in [-0.2, 0) is 4.79 Å². The molecule has 1 unspecified atom stereocenters. The lowest BCUT2D eigenvalue weighted by Gasteiger charge is -2.11. The summed E-state index contributed by atoms with van der Waals surface area (Å²) in [6, 6.07) is 0. The van der Waals surface area contributed by atoms with Gasteiger partial charge in [0.1, 0.15) is 0 Å². The van der Waals surface area contributed by atoms with Crippen molar-refractivity contribution in [3.05, 3.63) is 12.7 Å². The van der Waals surface area contributed by atoms with Gasteiger partial charge in [0.05, 0.1) is 0 Å². The fourth-order valence-electron chi connectivity index (χ4n) is 1.30. The molecule has 0 aliphatic carbocycles. The summed E-state index contributed by atoms with van der Waals surface area (Å²) in [5.41, 5.74) is 0. The highest BCUT2D eigenvalue weighted by molar-refractivity contribution is 5.78. The fraction of sp³-hybridized carbons (Fsp3) is 0.625. The van der Waals surface area contributed by atoms with Crippen molar-refractivity contribution in [1.82, 2.24) is 4.90 Å². The molecule has 0 aromatic heterocycles. The standard InChI is InChI=1S/C8H13NO/c1-3-4-9-6-7(2)5-8(9)10/h3,7H,1,4-6H2,2H3. The van der Waals surface area contributed by atoms with Gasteiger partial charge < -0.3 is 4.90 Å². The van der Waals surface area contributed by atoms with Crippen molar-refractivity contribution < 1.29 is 4.79 Å². The zero-order chi connectivity index (χ0) is 7.56. The van der Waals surface area contributed by atoms with E-state index < -0.39 is 0 Å². The van der Waals surface area contributed by atoms with Crippen molar-refractivity contribution in [2.24, 2.45) is 5.92 Å². The number of amides is 1. The third kappa shape index (κ3) is 1.38. The van der Waals surface area contributed by atoms with Crippen LogP contribution in [0.2, 0.25) is 0 Å². The average Bonchev–Trinajstić information content (AvgIpc) is 2.13. The van der Waals surface area contributed by atoms with Crippen molar-refractivity contribution in [3.8, 4) is 0 Å². The van der Waals surface area contributed by atoms with E-state index in [0.717, 1.165) is 6.54 Å². The molecule has 10 heavy (non-hydrogen) atoms. The maximum Gasteiger partial charge on any atom is 0.223 e. The molecule has 1 aliphatic rings. The Balaban J connectivity index is 2.46. The Labute approximate surface area is 61.5 Å². The maximum absolute atomic E-state index is 11.1. The minimum absolute atomic E-state index is 0.271. The molecule has 2 nitrogen and oxygen atoms in total. The van der Waals surface area contributed by atoms with Crippen molar-refractivity contribution >= 4 is 5.91 Å². The summed E-state index contributed by atoms with van der Waals surface area (Å²) in [7, 11) is 0. The highest BCUT2D eigenvalue weighted by Crippen LogP contribution is 2.15. The van der Waals surface area contributed by atoms with E-state index in [1.54, 1.807) is 6.08 Å². The number of likely N-dealkylation sites (tertiary alicyclic amines) is 1. The summed E-state index contributed by atoms with van der Waals surface area (Å²) in [5.74, 6) is 0.805. The largest absolute Gasteiger partial charge is 0.339 e. The third-order valence-corrected chi connectivity index (χ3v) is 1.76. The van der Waals surface area contributed by atoms with Gasteiger partial charge in [-0.05, 0) is 5.92 Å². The number of carbonyl (C=O) groups excluding carboxylic acids is 1. The summed E-state index contributed by atoms with van der Waals surface area (Å²) < 4.78 is 0. The van der Waals surface area contributed by atoms with Crippen molar-refractivity contribution in [2.45, 2.75) is 13.3 Å². The molecule has 56 valence electrons. The number of carbonyl (C=O) groups is 1. The summed E-state index contributed by atoms with van der Waals surface area (Å²) in [4.78, 5) is 12.9. The van der Waals surface area contributed by atoms with Crippen LogP contribution in [0.15, 0.2) is 12.7 Å². The minimum atomic E-state index is 0.271. The molecule has 1 aliphatic heterocycles. The Morgan fingerprint density at radius 3 is 3.00 bits per heavy atom. The second-order valence-electron chi connectivity index (χ2n) is 2.90. The van der Waals surface area contributed by atoms with Gasteiger partial charge in [-0.15, -0.1) is 6.58 Å². The van der Waals surface area contributed by atoms with Crippen molar-refractivity contribution in [2.75, 3.05) is 13.1 Å². The molecule has 1 rings (SSSR count). The Bertz CT molecular complexity index is 153. The topological polar surface area (TPSA) is 20.3 Å². The van der Waals surface area contributed by atoms with Crippen LogP contribution >= 0.6 is 0 Å². The Hall–Kier alpha value is -0.790. The lowest BCUT2D eigenvalue weighted by molar-refractivity contribution is -0.127. The van der Waals surface area contributed by atoms with Crippen LogP contribution in [0.3, 0.4) is 0 Å². The molecular formula is C8H13NO. The van der Waals surface area contributed by atoms with Gasteiger partial charge in [0.2, 0.25) is 5.91 Å². The molecule has 1 amide bonds. The molecule has 1 saturated heterocycles. The highest BCUT2D eigenvalue weighted by atomic mass is 16.2. The molecular weight excluding hydrogens is 126 g/mol. The van der Waals surface area contributed by atoms with E-state index in [1.807, 2.05) is 4.90 Å². The Kier molecular flexibility index (Phi) is 2.10. The lowest BCUT2D eigenvalue weighted by Crippen LogP contribution is -2.24. The smallest absolute Gasteiger partial charge is 0.223 e. The quantitative estimate of drug-likeness (QED) is 0.523. The zero-order valence-corrected chi connectivity index (χ0v) is 6.34. The van der Waals surface area contributed by atoms with E-state index >= 15 is 0 Å². The molecule has 0 bridgehead atoms. The zero-order valence-electron chi connectivity index (χ0n) is 6.34. The van der Waals surface area contributed by atoms with Crippen molar-refractivity contribution in [3.63, 3.8) is 0 Å². The first-order chi connectivity index (χ1) is 4.74. The van der Waals surface area contributed by atoms with E-state index in [1.165, 1.54) is 0 Å². The lowest BCUT2D eigenvalue weighted by atomic mass is 10.2. The van der Waals surface area contributed by atoms with Gasteiger partial charge in [-0.25, -0.2) is 0 Å². The molecule has 0 radical (unpaired) electrons. The molecule has 0 aromatic rings. The second-order valence-corrected chi connectivity index (χ2v) is 2.90. The highest BCUT2D eigenvalue weighted by Gasteiger charge is 2.24. The average molecular weight is 139 g/mol. The summed E-state index contributed by atoms with van der Waals surface area (Å²) in [6.07, 6.45) is 2.49. The van der Waals surface area contributed by atoms with Crippen molar-refractivity contribution in [1.29, 1.82) is 0 Å². The first-order valence-electron chi connectivity index (χ1n) is 3.62. The number of hydrogen-bond donors (Lipinski definition) is 0. The molecule has 1 heterocycles. The predicted octanol–water partition coefficient (Wildman–Crippen LogP) is 1.04. The summed E-state index contributed by atoms with van der Waals surface area (Å²) in [5, 5.41) is 0. The van der Waals surface area contributed by atoms with Crippen LogP contribution in [0.5, 0.6) is 0 Å². The Morgan fingerprint density at radius 1 is 1.90 bits per heavy atom. The first-order valence-corrected chi connectivity index (χ1v) is 3.62. The van der Waals surface area contributed by atoms with Gasteiger partial charge in [-0.2, -0.15) is 0 Å². The normalized spacial score (nSPS) is 25.5. The van der Waals surface area contributed by atoms with E-state index in [9.17, 15) is 4.79 Å². The molecule has 1 fully saturated rings.